The number of nitrogens with one attached hydrogen (secondary N) is 1. The zero-order valence-electron chi connectivity index (χ0n) is 16.1. The van der Waals surface area contributed by atoms with E-state index in [1.165, 1.54) is 16.7 Å². The second-order valence-corrected chi connectivity index (χ2v) is 7.52. The highest BCUT2D eigenvalue weighted by Gasteiger charge is 2.14. The third-order valence-electron chi connectivity index (χ3n) is 4.51. The monoisotopic (exact) mass is 378 g/mol. The molecule has 4 heteroatoms. The lowest BCUT2D eigenvalue weighted by atomic mass is 10.0. The van der Waals surface area contributed by atoms with Crippen molar-refractivity contribution in [1.29, 1.82) is 0 Å². The number of furan rings is 1. The predicted molar refractivity (Wildman–Crippen MR) is 116 cm³/mol. The standard InChI is InChI=1S/C23H26N2OS/c1-17(2)20-7-4-6-19(14-20)15-25(16-22-8-5-13-26-22)23(27)24-21-11-9-18(3)10-12-21/h4-14,17H,15-16H2,1-3H3,(H,24,27). The third-order valence-corrected chi connectivity index (χ3v) is 4.87. The van der Waals surface area contributed by atoms with E-state index in [1.54, 1.807) is 6.26 Å². The van der Waals surface area contributed by atoms with Gasteiger partial charge in [0.2, 0.25) is 0 Å². The van der Waals surface area contributed by atoms with Crippen LogP contribution in [0.15, 0.2) is 71.3 Å². The third kappa shape index (κ3) is 5.44. The Hall–Kier alpha value is -2.59. The van der Waals surface area contributed by atoms with Gasteiger partial charge in [-0.2, -0.15) is 0 Å². The first-order valence-corrected chi connectivity index (χ1v) is 9.66. The van der Waals surface area contributed by atoms with Crippen LogP contribution in [0, 0.1) is 6.92 Å². The summed E-state index contributed by atoms with van der Waals surface area (Å²) in [5.74, 6) is 1.39. The molecule has 3 rings (SSSR count). The molecule has 1 aromatic heterocycles. The van der Waals surface area contributed by atoms with Crippen molar-refractivity contribution >= 4 is 23.0 Å². The van der Waals surface area contributed by atoms with Crippen LogP contribution in [0.5, 0.6) is 0 Å². The van der Waals surface area contributed by atoms with Crippen LogP contribution >= 0.6 is 12.2 Å². The molecule has 0 amide bonds. The van der Waals surface area contributed by atoms with Gasteiger partial charge in [-0.1, -0.05) is 55.8 Å². The average Bonchev–Trinajstić information content (AvgIpc) is 3.16. The quantitative estimate of drug-likeness (QED) is 0.524. The van der Waals surface area contributed by atoms with E-state index in [0.717, 1.165) is 18.0 Å². The summed E-state index contributed by atoms with van der Waals surface area (Å²) >= 11 is 5.72. The van der Waals surface area contributed by atoms with Gasteiger partial charge in [0, 0.05) is 12.2 Å². The molecule has 0 spiro atoms. The number of thiocarbonyl (C=S) groups is 1. The van der Waals surface area contributed by atoms with Gasteiger partial charge in [0.1, 0.15) is 5.76 Å². The molecule has 0 atom stereocenters. The smallest absolute Gasteiger partial charge is 0.174 e. The minimum atomic E-state index is 0.501. The van der Waals surface area contributed by atoms with Crippen LogP contribution in [0.2, 0.25) is 0 Å². The lowest BCUT2D eigenvalue weighted by Crippen LogP contribution is -2.33. The van der Waals surface area contributed by atoms with Gasteiger partial charge >= 0.3 is 0 Å². The van der Waals surface area contributed by atoms with Gasteiger partial charge in [-0.05, 0) is 60.5 Å². The normalized spacial score (nSPS) is 10.8. The maximum Gasteiger partial charge on any atom is 0.174 e. The summed E-state index contributed by atoms with van der Waals surface area (Å²) in [6.45, 7) is 7.84. The molecule has 0 aliphatic carbocycles. The van der Waals surface area contributed by atoms with Crippen molar-refractivity contribution in [1.82, 2.24) is 4.90 Å². The highest BCUT2D eigenvalue weighted by atomic mass is 32.1. The summed E-state index contributed by atoms with van der Waals surface area (Å²) in [6.07, 6.45) is 1.70. The molecule has 1 heterocycles. The van der Waals surface area contributed by atoms with E-state index in [1.807, 2.05) is 24.3 Å². The maximum absolute atomic E-state index is 5.72. The number of anilines is 1. The first kappa shape index (κ1) is 19.2. The molecule has 27 heavy (non-hydrogen) atoms. The molecule has 0 saturated carbocycles. The fourth-order valence-electron chi connectivity index (χ4n) is 2.90. The van der Waals surface area contributed by atoms with E-state index in [2.05, 4.69) is 67.4 Å². The molecule has 3 aromatic rings. The lowest BCUT2D eigenvalue weighted by Gasteiger charge is -2.25. The Morgan fingerprint density at radius 3 is 2.48 bits per heavy atom. The lowest BCUT2D eigenvalue weighted by molar-refractivity contribution is 0.360. The van der Waals surface area contributed by atoms with Crippen molar-refractivity contribution in [2.45, 2.75) is 39.8 Å². The fourth-order valence-corrected chi connectivity index (χ4v) is 3.15. The van der Waals surface area contributed by atoms with Crippen LogP contribution in [0.1, 0.15) is 42.2 Å². The average molecular weight is 379 g/mol. The van der Waals surface area contributed by atoms with Crippen molar-refractivity contribution in [3.8, 4) is 0 Å². The van der Waals surface area contributed by atoms with Gasteiger partial charge in [-0.3, -0.25) is 0 Å². The van der Waals surface area contributed by atoms with Gasteiger partial charge in [0.15, 0.2) is 5.11 Å². The summed E-state index contributed by atoms with van der Waals surface area (Å²) < 4.78 is 5.55. The fraction of sp³-hybridized carbons (Fsp3) is 0.261. The minimum absolute atomic E-state index is 0.501. The molecule has 0 unspecified atom stereocenters. The van der Waals surface area contributed by atoms with Gasteiger partial charge < -0.3 is 14.6 Å². The van der Waals surface area contributed by atoms with Crippen molar-refractivity contribution in [3.63, 3.8) is 0 Å². The van der Waals surface area contributed by atoms with Crippen LogP contribution in [0.4, 0.5) is 5.69 Å². The zero-order chi connectivity index (χ0) is 19.2. The molecule has 140 valence electrons. The Morgan fingerprint density at radius 2 is 1.81 bits per heavy atom. The van der Waals surface area contributed by atoms with Crippen molar-refractivity contribution < 1.29 is 4.42 Å². The van der Waals surface area contributed by atoms with Crippen LogP contribution < -0.4 is 5.32 Å². The molecule has 0 aliphatic heterocycles. The van der Waals surface area contributed by atoms with E-state index in [4.69, 9.17) is 16.6 Å². The van der Waals surface area contributed by atoms with Crippen LogP contribution in [-0.2, 0) is 13.1 Å². The first-order valence-electron chi connectivity index (χ1n) is 9.25. The summed E-state index contributed by atoms with van der Waals surface area (Å²) in [7, 11) is 0. The van der Waals surface area contributed by atoms with Gasteiger partial charge in [-0.25, -0.2) is 0 Å². The van der Waals surface area contributed by atoms with Crippen molar-refractivity contribution in [3.05, 3.63) is 89.4 Å². The summed E-state index contributed by atoms with van der Waals surface area (Å²) in [5.41, 5.74) is 4.79. The summed E-state index contributed by atoms with van der Waals surface area (Å²) in [6, 6.07) is 20.8. The first-order chi connectivity index (χ1) is 13.0. The van der Waals surface area contributed by atoms with Gasteiger partial charge in [-0.15, -0.1) is 0 Å². The summed E-state index contributed by atoms with van der Waals surface area (Å²) in [5, 5.41) is 4.04. The second-order valence-electron chi connectivity index (χ2n) is 7.13. The van der Waals surface area contributed by atoms with Gasteiger partial charge in [0.05, 0.1) is 12.8 Å². The van der Waals surface area contributed by atoms with Gasteiger partial charge in [0.25, 0.3) is 0 Å². The highest BCUT2D eigenvalue weighted by molar-refractivity contribution is 7.80. The molecular formula is C23H26N2OS. The van der Waals surface area contributed by atoms with Crippen LogP contribution in [0.3, 0.4) is 0 Å². The predicted octanol–water partition coefficient (Wildman–Crippen LogP) is 6.11. The van der Waals surface area contributed by atoms with E-state index in [9.17, 15) is 0 Å². The Balaban J connectivity index is 1.78. The number of benzene rings is 2. The molecular weight excluding hydrogens is 352 g/mol. The molecule has 0 bridgehead atoms. The highest BCUT2D eigenvalue weighted by Crippen LogP contribution is 2.19. The molecule has 3 nitrogen and oxygen atoms in total. The largest absolute Gasteiger partial charge is 0.467 e. The molecule has 2 aromatic carbocycles. The summed E-state index contributed by atoms with van der Waals surface area (Å²) in [4.78, 5) is 2.13. The Morgan fingerprint density at radius 1 is 1.04 bits per heavy atom. The topological polar surface area (TPSA) is 28.4 Å². The molecule has 1 N–H and O–H groups in total. The molecule has 0 radical (unpaired) electrons. The number of nitrogens with zero attached hydrogens (tertiary/aromatic N) is 1. The minimum Gasteiger partial charge on any atom is -0.467 e. The molecule has 0 fully saturated rings. The maximum atomic E-state index is 5.72. The SMILES string of the molecule is Cc1ccc(NC(=S)N(Cc2cccc(C(C)C)c2)Cc2ccco2)cc1. The van der Waals surface area contributed by atoms with E-state index in [0.29, 0.717) is 17.6 Å². The second kappa shape index (κ2) is 8.87. The van der Waals surface area contributed by atoms with Crippen molar-refractivity contribution in [2.24, 2.45) is 0 Å². The number of rotatable bonds is 6. The Bertz CT molecular complexity index is 870. The number of aryl methyl sites for hydroxylation is 1. The van der Waals surface area contributed by atoms with Crippen LogP contribution in [-0.4, -0.2) is 10.0 Å². The van der Waals surface area contributed by atoms with E-state index >= 15 is 0 Å². The molecule has 0 saturated heterocycles. The Kier molecular flexibility index (Phi) is 6.30. The van der Waals surface area contributed by atoms with E-state index < -0.39 is 0 Å². The van der Waals surface area contributed by atoms with Crippen LogP contribution in [0.25, 0.3) is 0 Å². The molecule has 0 aliphatic rings. The Labute approximate surface area is 167 Å². The zero-order valence-corrected chi connectivity index (χ0v) is 16.9. The van der Waals surface area contributed by atoms with Crippen molar-refractivity contribution in [2.75, 3.05) is 5.32 Å². The van der Waals surface area contributed by atoms with E-state index in [-0.39, 0.29) is 0 Å². The number of hydrogen-bond acceptors (Lipinski definition) is 2. The number of hydrogen-bond donors (Lipinski definition) is 1.